The first-order valence-corrected chi connectivity index (χ1v) is 10.2. The predicted molar refractivity (Wildman–Crippen MR) is 107 cm³/mol. The molecule has 1 amide bonds. The van der Waals surface area contributed by atoms with E-state index >= 15 is 0 Å². The molecule has 4 rings (SSSR count). The van der Waals surface area contributed by atoms with Crippen molar-refractivity contribution in [3.05, 3.63) is 60.2 Å². The van der Waals surface area contributed by atoms with Gasteiger partial charge in [0.2, 0.25) is 5.91 Å². The van der Waals surface area contributed by atoms with Crippen LogP contribution in [0, 0.1) is 0 Å². The Morgan fingerprint density at radius 2 is 1.97 bits per heavy atom. The quantitative estimate of drug-likeness (QED) is 0.544. The fourth-order valence-corrected chi connectivity index (χ4v) is 4.49. The first-order valence-electron chi connectivity index (χ1n) is 9.43. The number of hydrogen-bond donors (Lipinski definition) is 1. The van der Waals surface area contributed by atoms with Crippen LogP contribution in [0.1, 0.15) is 18.4 Å². The summed E-state index contributed by atoms with van der Waals surface area (Å²) in [4.78, 5) is 12.7. The van der Waals surface area contributed by atoms with E-state index in [1.807, 2.05) is 34.6 Å². The van der Waals surface area contributed by atoms with Crippen molar-refractivity contribution in [2.24, 2.45) is 0 Å². The molecule has 3 aromatic rings. The molecule has 9 heteroatoms. The van der Waals surface area contributed by atoms with Crippen LogP contribution >= 0.6 is 11.9 Å². The third-order valence-corrected chi connectivity index (χ3v) is 5.82. The van der Waals surface area contributed by atoms with Gasteiger partial charge < -0.3 is 14.5 Å². The van der Waals surface area contributed by atoms with Gasteiger partial charge in [0.05, 0.1) is 6.04 Å². The lowest BCUT2D eigenvalue weighted by molar-refractivity contribution is -0.274. The molecule has 1 fully saturated rings. The van der Waals surface area contributed by atoms with Gasteiger partial charge >= 0.3 is 6.36 Å². The van der Waals surface area contributed by atoms with E-state index in [0.717, 1.165) is 17.4 Å². The molecule has 0 saturated carbocycles. The molecule has 1 atom stereocenters. The van der Waals surface area contributed by atoms with Gasteiger partial charge in [-0.1, -0.05) is 36.4 Å². The Hall–Kier alpha value is -2.65. The van der Waals surface area contributed by atoms with Crippen LogP contribution in [0.3, 0.4) is 0 Å². The number of alkyl halides is 3. The molecule has 0 aliphatic carbocycles. The monoisotopic (exact) mass is 436 g/mol. The predicted octanol–water partition coefficient (Wildman–Crippen LogP) is 5.12. The van der Waals surface area contributed by atoms with Crippen molar-refractivity contribution in [3.63, 3.8) is 0 Å². The van der Waals surface area contributed by atoms with Crippen LogP contribution in [0.25, 0.3) is 11.0 Å². The van der Waals surface area contributed by atoms with Crippen LogP contribution in [0.4, 0.5) is 13.2 Å². The largest absolute Gasteiger partial charge is 0.573 e. The van der Waals surface area contributed by atoms with Crippen molar-refractivity contribution < 1.29 is 27.1 Å². The number of rotatable bonds is 6. The minimum absolute atomic E-state index is 0.0509. The van der Waals surface area contributed by atoms with Crippen LogP contribution < -0.4 is 10.1 Å². The smallest absolute Gasteiger partial charge is 0.449 e. The fourth-order valence-electron chi connectivity index (χ4n) is 3.40. The molecule has 1 unspecified atom stereocenters. The lowest BCUT2D eigenvalue weighted by atomic mass is 10.2. The van der Waals surface area contributed by atoms with E-state index in [-0.39, 0.29) is 29.8 Å². The SMILES string of the molecule is O=C(NCc1ccccc1OC(F)(F)F)C1CCCN1Sc1cc2ccccc2o1. The number of halogens is 3. The van der Waals surface area contributed by atoms with Gasteiger partial charge in [-0.25, -0.2) is 4.31 Å². The van der Waals surface area contributed by atoms with Crippen molar-refractivity contribution in [3.8, 4) is 5.75 Å². The zero-order chi connectivity index (χ0) is 21.1. The van der Waals surface area contributed by atoms with Crippen LogP contribution in [-0.2, 0) is 11.3 Å². The van der Waals surface area contributed by atoms with Crippen molar-refractivity contribution in [1.82, 2.24) is 9.62 Å². The second kappa shape index (κ2) is 8.61. The lowest BCUT2D eigenvalue weighted by Gasteiger charge is -2.21. The summed E-state index contributed by atoms with van der Waals surface area (Å²) in [5.41, 5.74) is 1.04. The van der Waals surface area contributed by atoms with E-state index < -0.39 is 6.36 Å². The van der Waals surface area contributed by atoms with Crippen molar-refractivity contribution >= 4 is 28.8 Å². The zero-order valence-corrected chi connectivity index (χ0v) is 16.6. The van der Waals surface area contributed by atoms with Gasteiger partial charge in [-0.05, 0) is 43.0 Å². The molecule has 0 spiro atoms. The van der Waals surface area contributed by atoms with Gasteiger partial charge in [-0.2, -0.15) is 0 Å². The van der Waals surface area contributed by atoms with Gasteiger partial charge in [0.1, 0.15) is 11.3 Å². The Morgan fingerprint density at radius 1 is 1.20 bits per heavy atom. The number of ether oxygens (including phenoxy) is 1. The number of hydrogen-bond acceptors (Lipinski definition) is 5. The number of benzene rings is 2. The molecule has 5 nitrogen and oxygen atoms in total. The maximum atomic E-state index is 12.7. The number of fused-ring (bicyclic) bond motifs is 1. The molecule has 1 aliphatic rings. The molecule has 158 valence electrons. The van der Waals surface area contributed by atoms with Crippen LogP contribution in [-0.4, -0.2) is 29.2 Å². The first kappa shape index (κ1) is 20.6. The van der Waals surface area contributed by atoms with E-state index in [0.29, 0.717) is 18.1 Å². The maximum absolute atomic E-state index is 12.7. The highest BCUT2D eigenvalue weighted by atomic mass is 32.2. The Kier molecular flexibility index (Phi) is 5.92. The average Bonchev–Trinajstić information content (AvgIpc) is 3.32. The Balaban J connectivity index is 1.39. The minimum Gasteiger partial charge on any atom is -0.449 e. The molecule has 2 heterocycles. The summed E-state index contributed by atoms with van der Waals surface area (Å²) in [7, 11) is 0. The fraction of sp³-hybridized carbons (Fsp3) is 0.286. The summed E-state index contributed by atoms with van der Waals surface area (Å²) < 4.78 is 49.5. The number of nitrogens with zero attached hydrogens (tertiary/aromatic N) is 1. The number of amides is 1. The third-order valence-electron chi connectivity index (χ3n) is 4.77. The van der Waals surface area contributed by atoms with E-state index in [4.69, 9.17) is 4.42 Å². The van der Waals surface area contributed by atoms with Crippen molar-refractivity contribution in [2.75, 3.05) is 6.54 Å². The summed E-state index contributed by atoms with van der Waals surface area (Å²) in [6.45, 7) is 0.665. The molecule has 30 heavy (non-hydrogen) atoms. The molecule has 1 saturated heterocycles. The van der Waals surface area contributed by atoms with Gasteiger partial charge in [0.25, 0.3) is 0 Å². The highest BCUT2D eigenvalue weighted by Crippen LogP contribution is 2.34. The molecule has 1 aromatic heterocycles. The zero-order valence-electron chi connectivity index (χ0n) is 15.8. The van der Waals surface area contributed by atoms with E-state index in [2.05, 4.69) is 10.1 Å². The Bertz CT molecular complexity index is 1000. The number of para-hydroxylation sites is 2. The molecular formula is C21H19F3N2O3S. The first-order chi connectivity index (χ1) is 14.4. The van der Waals surface area contributed by atoms with Gasteiger partial charge in [-0.15, -0.1) is 13.2 Å². The normalized spacial score (nSPS) is 17.4. The summed E-state index contributed by atoms with van der Waals surface area (Å²) in [6, 6.07) is 15.0. The van der Waals surface area contributed by atoms with Gasteiger partial charge in [0, 0.05) is 24.0 Å². The van der Waals surface area contributed by atoms with Crippen LogP contribution in [0.5, 0.6) is 5.75 Å². The van der Waals surface area contributed by atoms with Gasteiger partial charge in [0.15, 0.2) is 5.09 Å². The number of furan rings is 1. The molecule has 2 aromatic carbocycles. The topological polar surface area (TPSA) is 54.7 Å². The van der Waals surface area contributed by atoms with E-state index in [1.165, 1.54) is 30.1 Å². The summed E-state index contributed by atoms with van der Waals surface area (Å²) >= 11 is 1.38. The van der Waals surface area contributed by atoms with Crippen LogP contribution in [0.2, 0.25) is 0 Å². The molecule has 0 bridgehead atoms. The maximum Gasteiger partial charge on any atom is 0.573 e. The van der Waals surface area contributed by atoms with Crippen LogP contribution in [0.15, 0.2) is 64.1 Å². The highest BCUT2D eigenvalue weighted by Gasteiger charge is 2.33. The summed E-state index contributed by atoms with van der Waals surface area (Å²) in [6.07, 6.45) is -3.27. The highest BCUT2D eigenvalue weighted by molar-refractivity contribution is 7.97. The second-order valence-electron chi connectivity index (χ2n) is 6.87. The van der Waals surface area contributed by atoms with E-state index in [9.17, 15) is 18.0 Å². The number of carbonyl (C=O) groups is 1. The van der Waals surface area contributed by atoms with Gasteiger partial charge in [-0.3, -0.25) is 4.79 Å². The number of nitrogens with one attached hydrogen (secondary N) is 1. The second-order valence-corrected chi connectivity index (χ2v) is 7.92. The Labute approximate surface area is 175 Å². The third kappa shape index (κ3) is 4.91. The van der Waals surface area contributed by atoms with Crippen molar-refractivity contribution in [2.45, 2.75) is 36.9 Å². The Morgan fingerprint density at radius 3 is 2.77 bits per heavy atom. The molecule has 0 radical (unpaired) electrons. The molecular weight excluding hydrogens is 417 g/mol. The summed E-state index contributed by atoms with van der Waals surface area (Å²) in [5, 5.41) is 4.42. The standard InChI is InChI=1S/C21H19F3N2O3S/c22-21(23,24)29-18-10-4-2-7-15(18)13-25-20(27)16-8-5-11-26(16)30-19-12-14-6-1-3-9-17(14)28-19/h1-4,6-7,9-10,12,16H,5,8,11,13H2,(H,25,27). The lowest BCUT2D eigenvalue weighted by Crippen LogP contribution is -2.40. The number of carbonyl (C=O) groups excluding carboxylic acids is 1. The molecule has 1 aliphatic heterocycles. The minimum atomic E-state index is -4.79. The summed E-state index contributed by atoms with van der Waals surface area (Å²) in [5.74, 6) is -0.553. The average molecular weight is 436 g/mol. The van der Waals surface area contributed by atoms with E-state index in [1.54, 1.807) is 6.07 Å². The molecule has 1 N–H and O–H groups in total. The van der Waals surface area contributed by atoms with Crippen molar-refractivity contribution in [1.29, 1.82) is 0 Å².